The van der Waals surface area contributed by atoms with E-state index >= 15 is 0 Å². The molecule has 0 aromatic heterocycles. The molecule has 1 aromatic carbocycles. The maximum atomic E-state index is 12.0. The van der Waals surface area contributed by atoms with Crippen molar-refractivity contribution < 1.29 is 8.42 Å². The second kappa shape index (κ2) is 5.50. The van der Waals surface area contributed by atoms with E-state index in [0.29, 0.717) is 6.54 Å². The Morgan fingerprint density at radius 1 is 1.18 bits per heavy atom. The van der Waals surface area contributed by atoms with Crippen molar-refractivity contribution in [3.05, 3.63) is 34.3 Å². The highest BCUT2D eigenvalue weighted by Crippen LogP contribution is 2.24. The Hall–Kier alpha value is -0.390. The van der Waals surface area contributed by atoms with E-state index < -0.39 is 10.0 Å². The van der Waals surface area contributed by atoms with Crippen molar-refractivity contribution in [3.63, 3.8) is 0 Å². The maximum Gasteiger partial charge on any atom is 0.214 e. The summed E-state index contributed by atoms with van der Waals surface area (Å²) in [5.41, 5.74) is 0.981. The topological polar surface area (TPSA) is 46.2 Å². The highest BCUT2D eigenvalue weighted by atomic mass is 79.9. The van der Waals surface area contributed by atoms with Gasteiger partial charge >= 0.3 is 0 Å². The summed E-state index contributed by atoms with van der Waals surface area (Å²) in [6, 6.07) is 7.67. The summed E-state index contributed by atoms with van der Waals surface area (Å²) in [6.45, 7) is 0.381. The van der Waals surface area contributed by atoms with Gasteiger partial charge < -0.3 is 0 Å². The molecule has 2 rings (SSSR count). The minimum absolute atomic E-state index is 0.182. The Balaban J connectivity index is 1.95. The van der Waals surface area contributed by atoms with E-state index in [0.717, 1.165) is 35.7 Å². The van der Waals surface area contributed by atoms with Crippen LogP contribution in [0.2, 0.25) is 0 Å². The van der Waals surface area contributed by atoms with E-state index in [9.17, 15) is 8.42 Å². The van der Waals surface area contributed by atoms with Crippen molar-refractivity contribution in [2.75, 3.05) is 0 Å². The fraction of sp³-hybridized carbons (Fsp3) is 0.500. The third kappa shape index (κ3) is 3.53. The maximum absolute atomic E-state index is 12.0. The molecule has 0 spiro atoms. The van der Waals surface area contributed by atoms with Gasteiger partial charge in [0.2, 0.25) is 10.0 Å². The molecule has 0 atom stereocenters. The predicted octanol–water partition coefficient (Wildman–Crippen LogP) is 2.81. The van der Waals surface area contributed by atoms with Crippen LogP contribution in [0, 0.1) is 0 Å². The molecule has 5 heteroatoms. The van der Waals surface area contributed by atoms with Gasteiger partial charge in [-0.2, -0.15) is 0 Å². The normalized spacial score (nSPS) is 17.5. The van der Waals surface area contributed by atoms with E-state index in [1.165, 1.54) is 0 Å². The molecule has 0 bridgehead atoms. The Morgan fingerprint density at radius 2 is 1.76 bits per heavy atom. The number of rotatable bonds is 4. The van der Waals surface area contributed by atoms with Crippen LogP contribution in [0.5, 0.6) is 0 Å². The Kier molecular flexibility index (Phi) is 4.22. The van der Waals surface area contributed by atoms with Gasteiger partial charge in [0.05, 0.1) is 5.25 Å². The lowest BCUT2D eigenvalue weighted by molar-refractivity contribution is 0.564. The summed E-state index contributed by atoms with van der Waals surface area (Å²) in [6.07, 6.45) is 3.67. The average Bonchev–Trinajstić information content (AvgIpc) is 2.82. The number of halogens is 1. The summed E-state index contributed by atoms with van der Waals surface area (Å²) in [4.78, 5) is 0. The van der Waals surface area contributed by atoms with Crippen molar-refractivity contribution in [1.82, 2.24) is 4.72 Å². The zero-order valence-electron chi connectivity index (χ0n) is 9.52. The Bertz CT molecular complexity index is 464. The fourth-order valence-electron chi connectivity index (χ4n) is 2.10. The van der Waals surface area contributed by atoms with Crippen LogP contribution in [0.4, 0.5) is 0 Å². The molecule has 0 unspecified atom stereocenters. The molecule has 17 heavy (non-hydrogen) atoms. The Labute approximate surface area is 111 Å². The van der Waals surface area contributed by atoms with Crippen molar-refractivity contribution in [2.45, 2.75) is 37.5 Å². The monoisotopic (exact) mass is 317 g/mol. The average molecular weight is 318 g/mol. The van der Waals surface area contributed by atoms with Crippen molar-refractivity contribution in [3.8, 4) is 0 Å². The van der Waals surface area contributed by atoms with Gasteiger partial charge in [-0.3, -0.25) is 0 Å². The fourth-order valence-corrected chi connectivity index (χ4v) is 3.92. The first-order chi connectivity index (χ1) is 8.08. The highest BCUT2D eigenvalue weighted by molar-refractivity contribution is 9.10. The van der Waals surface area contributed by atoms with Crippen molar-refractivity contribution >= 4 is 26.0 Å². The van der Waals surface area contributed by atoms with Gasteiger partial charge in [0.15, 0.2) is 0 Å². The van der Waals surface area contributed by atoms with Crippen LogP contribution < -0.4 is 4.72 Å². The molecule has 0 radical (unpaired) electrons. The summed E-state index contributed by atoms with van der Waals surface area (Å²) < 4.78 is 27.6. The zero-order chi connectivity index (χ0) is 12.3. The lowest BCUT2D eigenvalue weighted by Gasteiger charge is -2.12. The molecule has 1 saturated carbocycles. The summed E-state index contributed by atoms with van der Waals surface area (Å²) >= 11 is 3.35. The lowest BCUT2D eigenvalue weighted by atomic mass is 10.2. The predicted molar refractivity (Wildman–Crippen MR) is 72.2 cm³/mol. The molecule has 0 heterocycles. The second-order valence-corrected chi connectivity index (χ2v) is 7.36. The molecule has 0 amide bonds. The minimum atomic E-state index is -3.13. The van der Waals surface area contributed by atoms with Crippen molar-refractivity contribution in [2.24, 2.45) is 0 Å². The van der Waals surface area contributed by atoms with Gasteiger partial charge in [0, 0.05) is 11.0 Å². The van der Waals surface area contributed by atoms with Crippen molar-refractivity contribution in [1.29, 1.82) is 0 Å². The molecular formula is C12H16BrNO2S. The molecule has 1 fully saturated rings. The SMILES string of the molecule is O=S(=O)(NCc1ccc(Br)cc1)C1CCCC1. The number of nitrogens with one attached hydrogen (secondary N) is 1. The Morgan fingerprint density at radius 3 is 2.35 bits per heavy atom. The van der Waals surface area contributed by atoms with E-state index in [-0.39, 0.29) is 5.25 Å². The number of benzene rings is 1. The molecule has 1 aliphatic carbocycles. The van der Waals surface area contributed by atoms with Gasteiger partial charge in [-0.15, -0.1) is 0 Å². The van der Waals surface area contributed by atoms with Gasteiger partial charge in [-0.1, -0.05) is 40.9 Å². The molecule has 0 saturated heterocycles. The minimum Gasteiger partial charge on any atom is -0.212 e. The molecule has 1 aromatic rings. The van der Waals surface area contributed by atoms with Crippen LogP contribution in [0.15, 0.2) is 28.7 Å². The molecular weight excluding hydrogens is 302 g/mol. The summed E-state index contributed by atoms with van der Waals surface area (Å²) in [5.74, 6) is 0. The highest BCUT2D eigenvalue weighted by Gasteiger charge is 2.27. The first kappa shape index (κ1) is 13.1. The smallest absolute Gasteiger partial charge is 0.212 e. The lowest BCUT2D eigenvalue weighted by Crippen LogP contribution is -2.32. The number of hydrogen-bond acceptors (Lipinski definition) is 2. The van der Waals surface area contributed by atoms with Crippen LogP contribution in [0.1, 0.15) is 31.2 Å². The van der Waals surface area contributed by atoms with Crippen LogP contribution in [0.3, 0.4) is 0 Å². The van der Waals surface area contributed by atoms with Crippen LogP contribution in [-0.4, -0.2) is 13.7 Å². The molecule has 0 aliphatic heterocycles. The van der Waals surface area contributed by atoms with Gasteiger partial charge in [0.25, 0.3) is 0 Å². The molecule has 1 N–H and O–H groups in total. The third-order valence-electron chi connectivity index (χ3n) is 3.13. The standard InChI is InChI=1S/C12H16BrNO2S/c13-11-7-5-10(6-8-11)9-14-17(15,16)12-3-1-2-4-12/h5-8,12,14H,1-4,9H2. The first-order valence-corrected chi connectivity index (χ1v) is 8.15. The molecule has 1 aliphatic rings. The van der Waals surface area contributed by atoms with Crippen LogP contribution in [0.25, 0.3) is 0 Å². The van der Waals surface area contributed by atoms with E-state index in [1.54, 1.807) is 0 Å². The first-order valence-electron chi connectivity index (χ1n) is 5.81. The quantitative estimate of drug-likeness (QED) is 0.928. The van der Waals surface area contributed by atoms with E-state index in [2.05, 4.69) is 20.7 Å². The molecule has 3 nitrogen and oxygen atoms in total. The number of sulfonamides is 1. The van der Waals surface area contributed by atoms with Crippen LogP contribution in [-0.2, 0) is 16.6 Å². The van der Waals surface area contributed by atoms with E-state index in [1.807, 2.05) is 24.3 Å². The molecule has 94 valence electrons. The van der Waals surface area contributed by atoms with Gasteiger partial charge in [-0.25, -0.2) is 13.1 Å². The van der Waals surface area contributed by atoms with Gasteiger partial charge in [0.1, 0.15) is 0 Å². The third-order valence-corrected chi connectivity index (χ3v) is 5.56. The summed E-state index contributed by atoms with van der Waals surface area (Å²) in [5, 5.41) is -0.182. The number of hydrogen-bond donors (Lipinski definition) is 1. The second-order valence-electron chi connectivity index (χ2n) is 4.40. The largest absolute Gasteiger partial charge is 0.214 e. The van der Waals surface area contributed by atoms with Crippen LogP contribution >= 0.6 is 15.9 Å². The zero-order valence-corrected chi connectivity index (χ0v) is 11.9. The van der Waals surface area contributed by atoms with Gasteiger partial charge in [-0.05, 0) is 30.5 Å². The van der Waals surface area contributed by atoms with E-state index in [4.69, 9.17) is 0 Å². The summed E-state index contributed by atoms with van der Waals surface area (Å²) in [7, 11) is -3.13.